The second kappa shape index (κ2) is 9.81. The van der Waals surface area contributed by atoms with E-state index >= 15 is 0 Å². The van der Waals surface area contributed by atoms with E-state index < -0.39 is 22.9 Å². The van der Waals surface area contributed by atoms with Crippen molar-refractivity contribution in [2.45, 2.75) is 19.5 Å². The molecule has 0 bridgehead atoms. The standard InChI is InChI=1S/C23H20ClF3N4O2S/c1-2-28-7-8-31-21(32)20(34-22(31)33)17(13-4-6-19-15(9-13)12-29-30-19)10-14-3-5-16(24)11-18(14)23(25,26)27/h3-6,9,11-12,28H,2,7-8,10H2,1H3,(H,29,30)/b20-17-. The largest absolute Gasteiger partial charge is 0.416 e. The average Bonchev–Trinajstić information content (AvgIpc) is 3.36. The Bertz CT molecular complexity index is 1290. The molecule has 3 aromatic rings. The maximum Gasteiger partial charge on any atom is 0.416 e. The molecule has 6 nitrogen and oxygen atoms in total. The molecule has 1 aromatic heterocycles. The summed E-state index contributed by atoms with van der Waals surface area (Å²) in [6.07, 6.45) is -3.26. The van der Waals surface area contributed by atoms with Gasteiger partial charge in [0.25, 0.3) is 11.1 Å². The van der Waals surface area contributed by atoms with Gasteiger partial charge in [0.05, 0.1) is 22.2 Å². The minimum atomic E-state index is -4.63. The maximum atomic E-state index is 13.8. The minimum absolute atomic E-state index is 0.0406. The molecule has 0 aliphatic carbocycles. The zero-order chi connectivity index (χ0) is 24.5. The van der Waals surface area contributed by atoms with Crippen LogP contribution in [0.25, 0.3) is 16.5 Å². The number of imide groups is 1. The number of rotatable bonds is 7. The lowest BCUT2D eigenvalue weighted by Crippen LogP contribution is -2.35. The highest BCUT2D eigenvalue weighted by Gasteiger charge is 2.38. The normalized spacial score (nSPS) is 16.1. The Labute approximate surface area is 202 Å². The lowest BCUT2D eigenvalue weighted by atomic mass is 9.93. The molecule has 0 unspecified atom stereocenters. The predicted molar refractivity (Wildman–Crippen MR) is 126 cm³/mol. The fourth-order valence-electron chi connectivity index (χ4n) is 3.74. The van der Waals surface area contributed by atoms with Crippen LogP contribution >= 0.6 is 23.4 Å². The Morgan fingerprint density at radius 3 is 2.74 bits per heavy atom. The molecule has 0 radical (unpaired) electrons. The monoisotopic (exact) mass is 508 g/mol. The number of fused-ring (bicyclic) bond motifs is 1. The summed E-state index contributed by atoms with van der Waals surface area (Å²) in [5.74, 6) is -0.516. The lowest BCUT2D eigenvalue weighted by molar-refractivity contribution is -0.138. The number of alkyl halides is 3. The van der Waals surface area contributed by atoms with E-state index in [4.69, 9.17) is 11.6 Å². The summed E-state index contributed by atoms with van der Waals surface area (Å²) in [6, 6.07) is 8.73. The molecule has 1 aliphatic rings. The molecule has 1 aliphatic heterocycles. The van der Waals surface area contributed by atoms with Crippen LogP contribution < -0.4 is 5.32 Å². The molecular formula is C23H20ClF3N4O2S. The summed E-state index contributed by atoms with van der Waals surface area (Å²) >= 11 is 6.58. The third kappa shape index (κ3) is 4.98. The van der Waals surface area contributed by atoms with Crippen LogP contribution in [0.4, 0.5) is 18.0 Å². The number of halogens is 4. The predicted octanol–water partition coefficient (Wildman–Crippen LogP) is 5.49. The molecule has 34 heavy (non-hydrogen) atoms. The van der Waals surface area contributed by atoms with Gasteiger partial charge < -0.3 is 5.32 Å². The number of nitrogens with zero attached hydrogens (tertiary/aromatic N) is 2. The van der Waals surface area contributed by atoms with E-state index in [2.05, 4.69) is 15.5 Å². The van der Waals surface area contributed by atoms with Gasteiger partial charge in [0.2, 0.25) is 0 Å². The molecular weight excluding hydrogens is 489 g/mol. The van der Waals surface area contributed by atoms with Crippen LogP contribution in [-0.4, -0.2) is 45.9 Å². The zero-order valence-electron chi connectivity index (χ0n) is 18.0. The molecule has 2 N–H and O–H groups in total. The van der Waals surface area contributed by atoms with Crippen LogP contribution in [0.5, 0.6) is 0 Å². The average molecular weight is 509 g/mol. The third-order valence-corrected chi connectivity index (χ3v) is 6.67. The van der Waals surface area contributed by atoms with Crippen molar-refractivity contribution >= 4 is 51.0 Å². The van der Waals surface area contributed by atoms with E-state index in [1.165, 1.54) is 12.1 Å². The number of aromatic amines is 1. The van der Waals surface area contributed by atoms with Crippen LogP contribution in [-0.2, 0) is 17.4 Å². The second-order valence-corrected chi connectivity index (χ2v) is 9.03. The molecule has 0 spiro atoms. The molecule has 0 saturated carbocycles. The van der Waals surface area contributed by atoms with Gasteiger partial charge in [-0.1, -0.05) is 30.7 Å². The van der Waals surface area contributed by atoms with Gasteiger partial charge in [0, 0.05) is 23.5 Å². The number of aromatic nitrogens is 2. The van der Waals surface area contributed by atoms with Crippen LogP contribution in [0.1, 0.15) is 23.6 Å². The Balaban J connectivity index is 1.82. The van der Waals surface area contributed by atoms with Crippen molar-refractivity contribution in [2.24, 2.45) is 0 Å². The Hall–Kier alpha value is -2.82. The topological polar surface area (TPSA) is 78.1 Å². The van der Waals surface area contributed by atoms with E-state index in [-0.39, 0.29) is 28.5 Å². The fraction of sp³-hybridized carbons (Fsp3) is 0.261. The molecule has 1 fully saturated rings. The van der Waals surface area contributed by atoms with Gasteiger partial charge in [-0.25, -0.2) is 0 Å². The van der Waals surface area contributed by atoms with Crippen LogP contribution in [0.3, 0.4) is 0 Å². The first-order valence-corrected chi connectivity index (χ1v) is 11.6. The number of carbonyl (C=O) groups is 2. The highest BCUT2D eigenvalue weighted by Crippen LogP contribution is 2.41. The summed E-state index contributed by atoms with van der Waals surface area (Å²) in [4.78, 5) is 27.0. The summed E-state index contributed by atoms with van der Waals surface area (Å²) in [6.45, 7) is 3.18. The van der Waals surface area contributed by atoms with Crippen molar-refractivity contribution in [3.05, 3.63) is 69.2 Å². The molecule has 178 valence electrons. The van der Waals surface area contributed by atoms with Gasteiger partial charge >= 0.3 is 6.18 Å². The number of thioether (sulfide) groups is 1. The number of likely N-dealkylation sites (N-methyl/N-ethyl adjacent to an activating group) is 1. The minimum Gasteiger partial charge on any atom is -0.315 e. The van der Waals surface area contributed by atoms with Crippen molar-refractivity contribution in [3.8, 4) is 0 Å². The second-order valence-electron chi connectivity index (χ2n) is 7.63. The molecule has 2 heterocycles. The summed E-state index contributed by atoms with van der Waals surface area (Å²) in [5.41, 5.74) is 0.690. The van der Waals surface area contributed by atoms with Crippen LogP contribution in [0.15, 0.2) is 47.5 Å². The quantitative estimate of drug-likeness (QED) is 0.326. The number of allylic oxidation sites excluding steroid dienone is 1. The Morgan fingerprint density at radius 1 is 1.21 bits per heavy atom. The third-order valence-electron chi connectivity index (χ3n) is 5.42. The first-order valence-electron chi connectivity index (χ1n) is 10.5. The highest BCUT2D eigenvalue weighted by molar-refractivity contribution is 8.18. The number of hydrogen-bond donors (Lipinski definition) is 2. The summed E-state index contributed by atoms with van der Waals surface area (Å²) in [7, 11) is 0. The van der Waals surface area contributed by atoms with Crippen molar-refractivity contribution in [3.63, 3.8) is 0 Å². The van der Waals surface area contributed by atoms with Gasteiger partial charge in [-0.3, -0.25) is 19.6 Å². The van der Waals surface area contributed by atoms with E-state index in [1.807, 2.05) is 6.92 Å². The van der Waals surface area contributed by atoms with E-state index in [0.29, 0.717) is 24.2 Å². The van der Waals surface area contributed by atoms with Gasteiger partial charge in [0.1, 0.15) is 0 Å². The first-order chi connectivity index (χ1) is 16.2. The smallest absolute Gasteiger partial charge is 0.315 e. The fourth-order valence-corrected chi connectivity index (χ4v) is 4.89. The number of hydrogen-bond acceptors (Lipinski definition) is 5. The van der Waals surface area contributed by atoms with E-state index in [0.717, 1.165) is 33.6 Å². The SMILES string of the molecule is CCNCCN1C(=O)S/C(=C(/Cc2ccc(Cl)cc2C(F)(F)F)c2ccc3[nH]ncc3c2)C1=O. The van der Waals surface area contributed by atoms with Gasteiger partial charge in [-0.15, -0.1) is 0 Å². The number of benzene rings is 2. The molecule has 0 atom stereocenters. The Kier molecular flexibility index (Phi) is 7.01. The van der Waals surface area contributed by atoms with Crippen molar-refractivity contribution in [2.75, 3.05) is 19.6 Å². The molecule has 4 rings (SSSR count). The molecule has 2 aromatic carbocycles. The van der Waals surface area contributed by atoms with E-state index in [9.17, 15) is 22.8 Å². The van der Waals surface area contributed by atoms with Crippen molar-refractivity contribution in [1.29, 1.82) is 0 Å². The lowest BCUT2D eigenvalue weighted by Gasteiger charge is -2.17. The molecule has 2 amide bonds. The van der Waals surface area contributed by atoms with Crippen molar-refractivity contribution < 1.29 is 22.8 Å². The van der Waals surface area contributed by atoms with Gasteiger partial charge in [0.15, 0.2) is 0 Å². The Morgan fingerprint density at radius 2 is 2.00 bits per heavy atom. The maximum absolute atomic E-state index is 13.8. The zero-order valence-corrected chi connectivity index (χ0v) is 19.6. The molecule has 1 saturated heterocycles. The van der Waals surface area contributed by atoms with Gasteiger partial charge in [-0.2, -0.15) is 18.3 Å². The van der Waals surface area contributed by atoms with E-state index in [1.54, 1.807) is 24.4 Å². The van der Waals surface area contributed by atoms with Crippen LogP contribution in [0, 0.1) is 0 Å². The first kappa shape index (κ1) is 24.3. The number of carbonyl (C=O) groups excluding carboxylic acids is 2. The highest BCUT2D eigenvalue weighted by atomic mass is 35.5. The summed E-state index contributed by atoms with van der Waals surface area (Å²) < 4.78 is 41.3. The number of nitrogens with one attached hydrogen (secondary N) is 2. The number of amides is 2. The number of H-pyrrole nitrogens is 1. The van der Waals surface area contributed by atoms with Crippen LogP contribution in [0.2, 0.25) is 5.02 Å². The molecule has 11 heteroatoms. The van der Waals surface area contributed by atoms with Gasteiger partial charge in [-0.05, 0) is 65.7 Å². The van der Waals surface area contributed by atoms with Crippen molar-refractivity contribution in [1.82, 2.24) is 20.4 Å². The summed E-state index contributed by atoms with van der Waals surface area (Å²) in [5, 5.41) is 10.1.